The molecule has 0 saturated heterocycles. The van der Waals surface area contributed by atoms with Gasteiger partial charge in [-0.1, -0.05) is 72.3 Å². The Hall–Kier alpha value is -3.74. The van der Waals surface area contributed by atoms with Crippen molar-refractivity contribution in [3.8, 4) is 0 Å². The first-order chi connectivity index (χ1) is 36.4. The molecule has 0 spiro atoms. The van der Waals surface area contributed by atoms with Gasteiger partial charge in [0.25, 0.3) is 0 Å². The van der Waals surface area contributed by atoms with E-state index < -0.39 is 4.92 Å². The van der Waals surface area contributed by atoms with Crippen LogP contribution in [0.1, 0.15) is 169 Å². The lowest BCUT2D eigenvalue weighted by Crippen LogP contribution is -2.63. The number of unbranched alkanes of at least 4 members (excludes halogenated alkanes) is 7. The number of nitro groups is 1. The van der Waals surface area contributed by atoms with Crippen LogP contribution >= 0.6 is 0 Å². The molecule has 0 bridgehead atoms. The van der Waals surface area contributed by atoms with E-state index in [1.807, 2.05) is 4.90 Å². The Morgan fingerprint density at radius 2 is 1.53 bits per heavy atom. The summed E-state index contributed by atoms with van der Waals surface area (Å²) in [6.45, 7) is 20.2. The van der Waals surface area contributed by atoms with Gasteiger partial charge in [0.1, 0.15) is 6.54 Å². The molecular weight excluding hydrogens is 951 g/mol. The molecule has 2 aromatic rings. The van der Waals surface area contributed by atoms with Gasteiger partial charge in [0, 0.05) is 63.9 Å². The number of aromatic nitrogens is 2. The van der Waals surface area contributed by atoms with E-state index in [1.54, 1.807) is 17.0 Å². The van der Waals surface area contributed by atoms with E-state index in [4.69, 9.17) is 36.0 Å². The van der Waals surface area contributed by atoms with Crippen LogP contribution in [0.15, 0.2) is 29.4 Å². The third-order valence-electron chi connectivity index (χ3n) is 18.7. The summed E-state index contributed by atoms with van der Waals surface area (Å²) in [5, 5.41) is 22.2. The molecule has 75 heavy (non-hydrogen) atoms. The first kappa shape index (κ1) is 60.5. The minimum Gasteiger partial charge on any atom is -0.383 e. The van der Waals surface area contributed by atoms with Crippen molar-refractivity contribution in [1.29, 1.82) is 0 Å². The van der Waals surface area contributed by atoms with Gasteiger partial charge < -0.3 is 46.5 Å². The van der Waals surface area contributed by atoms with Crippen molar-refractivity contribution in [3.05, 3.63) is 34.9 Å². The lowest BCUT2D eigenvalue weighted by molar-refractivity contribution is -0.383. The Morgan fingerprint density at radius 3 is 2.27 bits per heavy atom. The van der Waals surface area contributed by atoms with E-state index in [1.165, 1.54) is 51.0 Å². The number of hydrogen-bond donors (Lipinski definition) is 4. The summed E-state index contributed by atoms with van der Waals surface area (Å²) in [7, 11) is 0. The van der Waals surface area contributed by atoms with Crippen LogP contribution in [0.3, 0.4) is 0 Å². The van der Waals surface area contributed by atoms with Crippen LogP contribution in [0.25, 0.3) is 11.0 Å². The average molecular weight is 1050 g/mol. The second-order valence-corrected chi connectivity index (χ2v) is 23.4. The largest absolute Gasteiger partial charge is 0.383 e. The quantitative estimate of drug-likeness (QED) is 0.0215. The zero-order chi connectivity index (χ0) is 53.8. The monoisotopic (exact) mass is 1050 g/mol. The fourth-order valence-electron chi connectivity index (χ4n) is 14.6. The number of anilines is 1. The van der Waals surface area contributed by atoms with Crippen molar-refractivity contribution in [3.63, 3.8) is 0 Å². The van der Waals surface area contributed by atoms with Crippen molar-refractivity contribution in [2.75, 3.05) is 77.5 Å². The Balaban J connectivity index is 1.08. The Morgan fingerprint density at radius 1 is 0.840 bits per heavy atom. The van der Waals surface area contributed by atoms with E-state index >= 15 is 0 Å². The van der Waals surface area contributed by atoms with Gasteiger partial charge in [0.2, 0.25) is 17.3 Å². The molecule has 1 heterocycles. The summed E-state index contributed by atoms with van der Waals surface area (Å²) in [5.41, 5.74) is 19.0. The van der Waals surface area contributed by atoms with Gasteiger partial charge in [-0.2, -0.15) is 0 Å². The zero-order valence-corrected chi connectivity index (χ0v) is 46.7. The number of carbonyl (C=O) groups excluding carboxylic acids is 2. The Labute approximate surface area is 449 Å². The fourth-order valence-corrected chi connectivity index (χ4v) is 14.6. The molecule has 1 aromatic carbocycles. The smallest absolute Gasteiger partial charge is 0.300 e. The highest BCUT2D eigenvalue weighted by atomic mass is 16.6. The minimum absolute atomic E-state index is 0.00730. The van der Waals surface area contributed by atoms with Gasteiger partial charge in [-0.3, -0.25) is 19.7 Å². The van der Waals surface area contributed by atoms with E-state index in [0.29, 0.717) is 119 Å². The summed E-state index contributed by atoms with van der Waals surface area (Å²) in [4.78, 5) is 42.7. The molecular formula is C58H99N9O8. The molecule has 7 N–H and O–H groups in total. The number of hydrogen-bond acceptors (Lipinski definition) is 14. The maximum Gasteiger partial charge on any atom is 0.300 e. The van der Waals surface area contributed by atoms with Crippen molar-refractivity contribution in [2.24, 2.45) is 63.5 Å². The SMILES string of the molecule is C=CCN(CC(=O)N(CCCCCCCC)CCCC(C)C1CC[C@H]2C3[C@H](OCCCN)CC4C[C@H](OCCCN)CCC4(C)[C@H]3C[C@H](OCCCN)C12C)C(=O)CCCCCNc1ccc([N+](=O)[O-])c2nonc12. The van der Waals surface area contributed by atoms with Crippen molar-refractivity contribution in [2.45, 2.75) is 187 Å². The molecule has 6 unspecified atom stereocenters. The van der Waals surface area contributed by atoms with Crippen LogP contribution in [-0.4, -0.2) is 127 Å². The number of nitro benzene ring substituents is 1. The number of nitrogens with two attached hydrogens (primary N) is 3. The maximum absolute atomic E-state index is 14.4. The Bertz CT molecular complexity index is 2060. The highest BCUT2D eigenvalue weighted by Gasteiger charge is 2.66. The first-order valence-electron chi connectivity index (χ1n) is 29.6. The number of carbonyl (C=O) groups is 2. The molecule has 11 atom stereocenters. The fraction of sp³-hybridized carbons (Fsp3) is 0.828. The third-order valence-corrected chi connectivity index (χ3v) is 18.7. The van der Waals surface area contributed by atoms with E-state index in [0.717, 1.165) is 90.1 Å². The maximum atomic E-state index is 14.4. The second kappa shape index (κ2) is 30.4. The van der Waals surface area contributed by atoms with Gasteiger partial charge in [0.05, 0.1) is 28.9 Å². The van der Waals surface area contributed by atoms with E-state index in [2.05, 4.69) is 49.9 Å². The van der Waals surface area contributed by atoms with Crippen molar-refractivity contribution < 1.29 is 33.4 Å². The van der Waals surface area contributed by atoms with E-state index in [-0.39, 0.29) is 58.7 Å². The normalized spacial score (nSPS) is 27.6. The molecule has 1 aromatic heterocycles. The molecule has 2 amide bonds. The summed E-state index contributed by atoms with van der Waals surface area (Å²) in [5.74, 6) is 2.90. The second-order valence-electron chi connectivity index (χ2n) is 23.4. The number of nitrogens with zero attached hydrogens (tertiary/aromatic N) is 5. The summed E-state index contributed by atoms with van der Waals surface area (Å²) in [6.07, 6.45) is 24.1. The number of nitrogens with one attached hydrogen (secondary N) is 1. The summed E-state index contributed by atoms with van der Waals surface area (Å²) < 4.78 is 25.4. The number of benzene rings is 1. The van der Waals surface area contributed by atoms with Gasteiger partial charge in [-0.15, -0.1) is 6.58 Å². The van der Waals surface area contributed by atoms with Crippen LogP contribution in [0.5, 0.6) is 0 Å². The minimum atomic E-state index is -0.507. The summed E-state index contributed by atoms with van der Waals surface area (Å²) in [6, 6.07) is 3.00. The third kappa shape index (κ3) is 15.5. The molecule has 0 radical (unpaired) electrons. The molecule has 4 fully saturated rings. The van der Waals surface area contributed by atoms with Crippen LogP contribution in [0, 0.1) is 56.5 Å². The standard InChI is InChI=1S/C58H99N9O8/c1-6-8-9-10-11-15-33-65(53(69)41-66(32-7-2)52(68)21-13-12-14-31-62-48-24-25-49(67(70)71)56-55(48)63-75-64-56)34-16-20-42(3)45-22-23-46-54-47(40-51(58(45,46)5)74-37-19-30-61)57(4)27-26-44(72-35-17-28-59)38-43(57)39-50(54)73-36-18-29-60/h7,24-25,42-47,50-51,54,62H,2,6,8-23,26-41,59-61H2,1,3-5H3/t42?,43?,44-,45?,46+,47+,50-,51+,54?,57?,58?/m1/s1. The molecule has 0 aliphatic heterocycles. The average Bonchev–Trinajstić information content (AvgIpc) is 4.04. The van der Waals surface area contributed by atoms with Crippen molar-refractivity contribution >= 4 is 34.2 Å². The summed E-state index contributed by atoms with van der Waals surface area (Å²) >= 11 is 0. The lowest BCUT2D eigenvalue weighted by atomic mass is 9.43. The lowest BCUT2D eigenvalue weighted by Gasteiger charge is -2.65. The molecule has 4 aliphatic carbocycles. The number of fused-ring (bicyclic) bond motifs is 6. The van der Waals surface area contributed by atoms with Gasteiger partial charge in [-0.05, 0) is 173 Å². The number of ether oxygens (including phenoxy) is 3. The molecule has 6 rings (SSSR count). The molecule has 4 aliphatic rings. The molecule has 424 valence electrons. The zero-order valence-electron chi connectivity index (χ0n) is 46.7. The Kier molecular flexibility index (Phi) is 24.5. The highest BCUT2D eigenvalue weighted by Crippen LogP contribution is 2.69. The topological polar surface area (TPSA) is 240 Å². The number of rotatable bonds is 36. The van der Waals surface area contributed by atoms with Gasteiger partial charge in [0.15, 0.2) is 5.52 Å². The van der Waals surface area contributed by atoms with Crippen LogP contribution in [0.4, 0.5) is 11.4 Å². The van der Waals surface area contributed by atoms with Crippen LogP contribution < -0.4 is 22.5 Å². The van der Waals surface area contributed by atoms with E-state index in [9.17, 15) is 19.7 Å². The van der Waals surface area contributed by atoms with Crippen molar-refractivity contribution in [1.82, 2.24) is 20.1 Å². The number of non-ortho nitro benzene ring substituents is 1. The first-order valence-corrected chi connectivity index (χ1v) is 29.6. The molecule has 17 heteroatoms. The van der Waals surface area contributed by atoms with Gasteiger partial charge in [-0.25, -0.2) is 4.63 Å². The molecule has 4 saturated carbocycles. The predicted octanol–water partition coefficient (Wildman–Crippen LogP) is 9.80. The highest BCUT2D eigenvalue weighted by molar-refractivity contribution is 5.93. The van der Waals surface area contributed by atoms with Gasteiger partial charge >= 0.3 is 5.69 Å². The number of amides is 2. The predicted molar refractivity (Wildman–Crippen MR) is 297 cm³/mol. The van der Waals surface area contributed by atoms with Crippen LogP contribution in [-0.2, 0) is 23.8 Å². The molecule has 17 nitrogen and oxygen atoms in total. The van der Waals surface area contributed by atoms with Crippen LogP contribution in [0.2, 0.25) is 0 Å².